The van der Waals surface area contributed by atoms with Gasteiger partial charge in [0.1, 0.15) is 18.2 Å². The van der Waals surface area contributed by atoms with Gasteiger partial charge in [0.25, 0.3) is 5.91 Å². The molecular formula is C23H23Cl2FN2O4. The molecule has 2 amide bonds. The summed E-state index contributed by atoms with van der Waals surface area (Å²) in [5, 5.41) is 6.77. The molecule has 0 aromatic heterocycles. The summed E-state index contributed by atoms with van der Waals surface area (Å²) >= 11 is 11.8. The van der Waals surface area contributed by atoms with Crippen LogP contribution in [0.5, 0.6) is 5.75 Å². The number of rotatable bonds is 10. The zero-order chi connectivity index (χ0) is 22.8. The fraction of sp³-hybridized carbons (Fsp3) is 0.391. The molecule has 0 unspecified atom stereocenters. The summed E-state index contributed by atoms with van der Waals surface area (Å²) in [7, 11) is 0. The Hall–Kier alpha value is -2.35. The van der Waals surface area contributed by atoms with Gasteiger partial charge in [0.15, 0.2) is 6.61 Å². The number of nitrogens with one attached hydrogen (secondary N) is 2. The molecule has 5 rings (SSSR count). The third kappa shape index (κ3) is 5.34. The van der Waals surface area contributed by atoms with Gasteiger partial charge in [-0.2, -0.15) is 0 Å². The van der Waals surface area contributed by atoms with Gasteiger partial charge in [-0.25, -0.2) is 4.39 Å². The number of amides is 2. The van der Waals surface area contributed by atoms with Crippen LogP contribution in [0.1, 0.15) is 24.8 Å². The third-order valence-electron chi connectivity index (χ3n) is 5.76. The van der Waals surface area contributed by atoms with E-state index in [1.54, 1.807) is 24.3 Å². The van der Waals surface area contributed by atoms with Gasteiger partial charge in [0.2, 0.25) is 5.91 Å². The summed E-state index contributed by atoms with van der Waals surface area (Å²) < 4.78 is 24.0. The van der Waals surface area contributed by atoms with E-state index in [1.165, 1.54) is 12.1 Å². The summed E-state index contributed by atoms with van der Waals surface area (Å²) in [5.74, 6) is -0.234. The van der Waals surface area contributed by atoms with Crippen molar-refractivity contribution in [3.63, 3.8) is 0 Å². The standard InChI is InChI=1S/C23H23Cl2FN2O4/c24-18-5-4-17(9-19(18)25)32-11-21(30)28-23-12-22(13-23,14-23)27-20(29)10-31-7-6-15-2-1-3-16(26)8-15/h1-5,8-9H,6-7,10-14H2,(H,27,29)(H,28,30). The minimum atomic E-state index is -0.286. The van der Waals surface area contributed by atoms with E-state index in [2.05, 4.69) is 10.6 Å². The molecule has 0 saturated heterocycles. The van der Waals surface area contributed by atoms with E-state index in [9.17, 15) is 14.0 Å². The maximum atomic E-state index is 13.2. The highest BCUT2D eigenvalue weighted by molar-refractivity contribution is 6.42. The maximum Gasteiger partial charge on any atom is 0.258 e. The minimum Gasteiger partial charge on any atom is -0.484 e. The topological polar surface area (TPSA) is 76.7 Å². The Morgan fingerprint density at radius 3 is 2.28 bits per heavy atom. The third-order valence-corrected chi connectivity index (χ3v) is 6.50. The SMILES string of the molecule is O=C(COCCc1cccc(F)c1)NC12CC(NC(=O)COc3ccc(Cl)c(Cl)c3)(C1)C2. The van der Waals surface area contributed by atoms with Crippen LogP contribution < -0.4 is 15.4 Å². The molecule has 6 nitrogen and oxygen atoms in total. The lowest BCUT2D eigenvalue weighted by molar-refractivity contribution is -0.152. The molecule has 0 heterocycles. The molecule has 3 saturated carbocycles. The van der Waals surface area contributed by atoms with E-state index in [1.807, 2.05) is 6.07 Å². The molecule has 9 heteroatoms. The lowest BCUT2D eigenvalue weighted by Gasteiger charge is -2.70. The number of carbonyl (C=O) groups is 2. The van der Waals surface area contributed by atoms with Crippen molar-refractivity contribution in [3.8, 4) is 5.75 Å². The highest BCUT2D eigenvalue weighted by Crippen LogP contribution is 2.60. The molecule has 0 spiro atoms. The Morgan fingerprint density at radius 2 is 1.62 bits per heavy atom. The van der Waals surface area contributed by atoms with Crippen LogP contribution >= 0.6 is 23.2 Å². The van der Waals surface area contributed by atoms with Crippen molar-refractivity contribution < 1.29 is 23.5 Å². The van der Waals surface area contributed by atoms with E-state index >= 15 is 0 Å². The van der Waals surface area contributed by atoms with Crippen molar-refractivity contribution in [2.45, 2.75) is 36.8 Å². The van der Waals surface area contributed by atoms with Gasteiger partial charge < -0.3 is 20.1 Å². The van der Waals surface area contributed by atoms with Crippen LogP contribution in [0.15, 0.2) is 42.5 Å². The molecule has 2 aromatic carbocycles. The van der Waals surface area contributed by atoms with Crippen LogP contribution in [0.2, 0.25) is 10.0 Å². The number of carbonyl (C=O) groups excluding carboxylic acids is 2. The first-order valence-electron chi connectivity index (χ1n) is 10.3. The summed E-state index contributed by atoms with van der Waals surface area (Å²) in [6, 6.07) is 11.1. The second kappa shape index (κ2) is 9.25. The minimum absolute atomic E-state index is 0.0477. The van der Waals surface area contributed by atoms with E-state index in [4.69, 9.17) is 32.7 Å². The quantitative estimate of drug-likeness (QED) is 0.508. The van der Waals surface area contributed by atoms with Gasteiger partial charge in [-0.15, -0.1) is 0 Å². The van der Waals surface area contributed by atoms with E-state index in [0.717, 1.165) is 5.56 Å². The summed E-state index contributed by atoms with van der Waals surface area (Å²) in [4.78, 5) is 24.4. The maximum absolute atomic E-state index is 13.2. The van der Waals surface area contributed by atoms with Crippen LogP contribution in [-0.4, -0.2) is 42.7 Å². The first-order chi connectivity index (χ1) is 15.3. The number of hydrogen-bond donors (Lipinski definition) is 2. The van der Waals surface area contributed by atoms with Crippen LogP contribution in [0.25, 0.3) is 0 Å². The van der Waals surface area contributed by atoms with Gasteiger partial charge in [0, 0.05) is 17.1 Å². The van der Waals surface area contributed by atoms with Crippen molar-refractivity contribution in [2.75, 3.05) is 19.8 Å². The first-order valence-corrected chi connectivity index (χ1v) is 11.0. The number of hydrogen-bond acceptors (Lipinski definition) is 4. The van der Waals surface area contributed by atoms with Crippen LogP contribution in [-0.2, 0) is 20.7 Å². The molecule has 0 atom stereocenters. The molecule has 3 aliphatic rings. The highest BCUT2D eigenvalue weighted by Gasteiger charge is 2.69. The van der Waals surface area contributed by atoms with E-state index in [0.29, 0.717) is 48.1 Å². The number of benzene rings is 2. The first kappa shape index (κ1) is 22.8. The second-order valence-electron chi connectivity index (χ2n) is 8.48. The van der Waals surface area contributed by atoms with Gasteiger partial charge in [-0.05, 0) is 55.5 Å². The molecular weight excluding hydrogens is 458 g/mol. The average molecular weight is 481 g/mol. The highest BCUT2D eigenvalue weighted by atomic mass is 35.5. The molecule has 0 aliphatic heterocycles. The zero-order valence-electron chi connectivity index (χ0n) is 17.3. The lowest BCUT2D eigenvalue weighted by atomic mass is 9.44. The fourth-order valence-corrected chi connectivity index (χ4v) is 4.77. The smallest absolute Gasteiger partial charge is 0.258 e. The molecule has 2 bridgehead atoms. The Balaban J connectivity index is 1.11. The Kier molecular flexibility index (Phi) is 6.60. The van der Waals surface area contributed by atoms with Gasteiger partial charge in [0.05, 0.1) is 16.7 Å². The average Bonchev–Trinajstić information content (AvgIpc) is 2.70. The van der Waals surface area contributed by atoms with Gasteiger partial charge in [-0.3, -0.25) is 9.59 Å². The molecule has 2 N–H and O–H groups in total. The summed E-state index contributed by atoms with van der Waals surface area (Å²) in [6.07, 6.45) is 2.60. The largest absolute Gasteiger partial charge is 0.484 e. The van der Waals surface area contributed by atoms with Gasteiger partial charge in [-0.1, -0.05) is 35.3 Å². The van der Waals surface area contributed by atoms with Crippen molar-refractivity contribution in [1.29, 1.82) is 0 Å². The van der Waals surface area contributed by atoms with Crippen LogP contribution in [0.3, 0.4) is 0 Å². The second-order valence-corrected chi connectivity index (χ2v) is 9.30. The predicted molar refractivity (Wildman–Crippen MR) is 118 cm³/mol. The van der Waals surface area contributed by atoms with Crippen molar-refractivity contribution in [2.24, 2.45) is 0 Å². The Bertz CT molecular complexity index is 1010. The number of halogens is 3. The van der Waals surface area contributed by atoms with E-state index in [-0.39, 0.29) is 41.9 Å². The molecule has 0 radical (unpaired) electrons. The molecule has 3 aliphatic carbocycles. The van der Waals surface area contributed by atoms with Crippen LogP contribution in [0, 0.1) is 5.82 Å². The summed E-state index contributed by atoms with van der Waals surface area (Å²) in [5.41, 5.74) is 0.287. The predicted octanol–water partition coefficient (Wildman–Crippen LogP) is 3.68. The van der Waals surface area contributed by atoms with Crippen LogP contribution in [0.4, 0.5) is 4.39 Å². The number of ether oxygens (including phenoxy) is 2. The Morgan fingerprint density at radius 1 is 0.938 bits per heavy atom. The van der Waals surface area contributed by atoms with Crippen molar-refractivity contribution >= 4 is 35.0 Å². The summed E-state index contributed by atoms with van der Waals surface area (Å²) in [6.45, 7) is 0.162. The van der Waals surface area contributed by atoms with Crippen molar-refractivity contribution in [3.05, 3.63) is 63.9 Å². The molecule has 170 valence electrons. The zero-order valence-corrected chi connectivity index (χ0v) is 18.8. The fourth-order valence-electron chi connectivity index (χ4n) is 4.48. The van der Waals surface area contributed by atoms with Crippen molar-refractivity contribution in [1.82, 2.24) is 10.6 Å². The molecule has 3 fully saturated rings. The monoisotopic (exact) mass is 480 g/mol. The van der Waals surface area contributed by atoms with E-state index < -0.39 is 0 Å². The molecule has 32 heavy (non-hydrogen) atoms. The van der Waals surface area contributed by atoms with Gasteiger partial charge >= 0.3 is 0 Å². The molecule has 2 aromatic rings. The lowest BCUT2D eigenvalue weighted by Crippen LogP contribution is -2.84. The normalized spacial score (nSPS) is 23.0. The Labute approximate surface area is 195 Å².